The number of halogens is 1. The molecule has 3 aliphatic carbocycles. The molecule has 3 amide bonds. The Morgan fingerprint density at radius 1 is 1.05 bits per heavy atom. The molecule has 1 saturated carbocycles. The van der Waals surface area contributed by atoms with Crippen molar-refractivity contribution < 1.29 is 14.3 Å². The summed E-state index contributed by atoms with van der Waals surface area (Å²) < 4.78 is 5.64. The Hall–Kier alpha value is -3.03. The Morgan fingerprint density at radius 3 is 2.45 bits per heavy atom. The smallest absolute Gasteiger partial charge is 0.318 e. The van der Waals surface area contributed by atoms with Gasteiger partial charge in [0.2, 0.25) is 0 Å². The number of urea groups is 1. The Morgan fingerprint density at radius 2 is 1.77 bits per heavy atom. The van der Waals surface area contributed by atoms with Crippen LogP contribution in [0.15, 0.2) is 66.2 Å². The average molecular weight is 565 g/mol. The van der Waals surface area contributed by atoms with Crippen LogP contribution >= 0.6 is 11.6 Å². The van der Waals surface area contributed by atoms with Crippen molar-refractivity contribution in [3.63, 3.8) is 0 Å². The highest BCUT2D eigenvalue weighted by atomic mass is 35.5. The summed E-state index contributed by atoms with van der Waals surface area (Å²) >= 11 is 5.92. The van der Waals surface area contributed by atoms with Crippen LogP contribution in [0.1, 0.15) is 32.3 Å². The van der Waals surface area contributed by atoms with Crippen molar-refractivity contribution in [1.82, 2.24) is 20.0 Å². The van der Waals surface area contributed by atoms with Gasteiger partial charge in [-0.25, -0.2) is 4.79 Å². The Labute approximate surface area is 243 Å². The average Bonchev–Trinajstić information content (AvgIpc) is 2.98. The fraction of sp³-hybridized carbons (Fsp3) is 0.500. The maximum absolute atomic E-state index is 13.4. The molecular formula is C32H41ClN4O3. The molecule has 0 aromatic heterocycles. The molecule has 1 aliphatic heterocycles. The van der Waals surface area contributed by atoms with E-state index in [1.165, 1.54) is 12.0 Å². The fourth-order valence-corrected chi connectivity index (χ4v) is 6.39. The van der Waals surface area contributed by atoms with Crippen molar-refractivity contribution in [2.45, 2.75) is 33.2 Å². The molecule has 2 aromatic carbocycles. The van der Waals surface area contributed by atoms with Crippen LogP contribution in [0, 0.1) is 17.3 Å². The molecule has 4 aliphatic rings. The van der Waals surface area contributed by atoms with Crippen LogP contribution in [-0.4, -0.2) is 79.1 Å². The molecule has 2 bridgehead atoms. The van der Waals surface area contributed by atoms with Crippen molar-refractivity contribution in [3.8, 4) is 5.75 Å². The Kier molecular flexibility index (Phi) is 9.01. The fourth-order valence-electron chi connectivity index (χ4n) is 6.26. The molecule has 2 aromatic rings. The number of piperazine rings is 1. The highest BCUT2D eigenvalue weighted by Gasteiger charge is 2.51. The van der Waals surface area contributed by atoms with E-state index in [0.717, 1.165) is 37.5 Å². The maximum atomic E-state index is 13.4. The number of rotatable bonds is 10. The summed E-state index contributed by atoms with van der Waals surface area (Å²) in [6.45, 7) is 10.3. The van der Waals surface area contributed by atoms with E-state index in [9.17, 15) is 9.59 Å². The highest BCUT2D eigenvalue weighted by molar-refractivity contribution is 6.30. The monoisotopic (exact) mass is 564 g/mol. The molecule has 0 radical (unpaired) electrons. The van der Waals surface area contributed by atoms with E-state index in [1.807, 2.05) is 40.1 Å². The number of allylic oxidation sites excluding steroid dienone is 1. The van der Waals surface area contributed by atoms with Gasteiger partial charge in [0, 0.05) is 57.4 Å². The number of fused-ring (bicyclic) bond motifs is 1. The first kappa shape index (κ1) is 28.5. The third kappa shape index (κ3) is 6.81. The standard InChI is InChI=1S/C32H41ClN4O3/c1-32(2)26-9-8-25(29(32)20-26)22-37(31(39)34-21-24-6-4-3-5-7-24)19-16-35-14-17-36(18-15-35)30(38)23-40-28-12-10-27(33)11-13-28/h3-8,10-13,26,29H,9,14-23H2,1-2H3,(H,34,39). The molecule has 6 rings (SSSR count). The number of amides is 3. The van der Waals surface area contributed by atoms with Crippen LogP contribution in [0.2, 0.25) is 5.02 Å². The van der Waals surface area contributed by atoms with E-state index in [0.29, 0.717) is 54.8 Å². The first-order chi connectivity index (χ1) is 19.3. The second kappa shape index (κ2) is 12.6. The van der Waals surface area contributed by atoms with Gasteiger partial charge in [-0.1, -0.05) is 67.4 Å². The maximum Gasteiger partial charge on any atom is 0.318 e. The molecule has 0 spiro atoms. The van der Waals surface area contributed by atoms with E-state index < -0.39 is 0 Å². The molecular weight excluding hydrogens is 524 g/mol. The largest absolute Gasteiger partial charge is 0.484 e. The molecule has 2 atom stereocenters. The number of carbonyl (C=O) groups excluding carboxylic acids is 2. The topological polar surface area (TPSA) is 65.1 Å². The van der Waals surface area contributed by atoms with Gasteiger partial charge in [0.15, 0.2) is 6.61 Å². The van der Waals surface area contributed by atoms with Gasteiger partial charge in [0.05, 0.1) is 0 Å². The van der Waals surface area contributed by atoms with Crippen molar-refractivity contribution >= 4 is 23.5 Å². The van der Waals surface area contributed by atoms with Crippen LogP contribution in [0.4, 0.5) is 4.79 Å². The number of ether oxygens (including phenoxy) is 1. The first-order valence-corrected chi connectivity index (χ1v) is 14.8. The van der Waals surface area contributed by atoms with Gasteiger partial charge >= 0.3 is 6.03 Å². The van der Waals surface area contributed by atoms with Crippen LogP contribution in [0.25, 0.3) is 0 Å². The highest BCUT2D eigenvalue weighted by Crippen LogP contribution is 2.59. The minimum atomic E-state index is -0.0165. The van der Waals surface area contributed by atoms with Crippen LogP contribution in [0.5, 0.6) is 5.75 Å². The van der Waals surface area contributed by atoms with Crippen LogP contribution < -0.4 is 10.1 Å². The lowest BCUT2D eigenvalue weighted by molar-refractivity contribution is -0.135. The zero-order valence-corrected chi connectivity index (χ0v) is 24.4. The molecule has 40 heavy (non-hydrogen) atoms. The molecule has 2 unspecified atom stereocenters. The molecule has 214 valence electrons. The Bertz CT molecular complexity index is 1190. The lowest BCUT2D eigenvalue weighted by Gasteiger charge is -2.57. The van der Waals surface area contributed by atoms with E-state index in [1.54, 1.807) is 24.3 Å². The predicted molar refractivity (Wildman–Crippen MR) is 158 cm³/mol. The third-order valence-corrected chi connectivity index (χ3v) is 9.37. The summed E-state index contributed by atoms with van der Waals surface area (Å²) in [5.41, 5.74) is 2.84. The van der Waals surface area contributed by atoms with Crippen LogP contribution in [-0.2, 0) is 11.3 Å². The van der Waals surface area contributed by atoms with Crippen LogP contribution in [0.3, 0.4) is 0 Å². The summed E-state index contributed by atoms with van der Waals surface area (Å²) in [7, 11) is 0. The quantitative estimate of drug-likeness (QED) is 0.409. The molecule has 2 fully saturated rings. The minimum Gasteiger partial charge on any atom is -0.484 e. The predicted octanol–water partition coefficient (Wildman–Crippen LogP) is 5.07. The lowest BCUT2D eigenvalue weighted by Crippen LogP contribution is -2.53. The second-order valence-electron chi connectivity index (χ2n) is 11.9. The van der Waals surface area contributed by atoms with Gasteiger partial charge in [-0.3, -0.25) is 9.69 Å². The second-order valence-corrected chi connectivity index (χ2v) is 12.3. The third-order valence-electron chi connectivity index (χ3n) is 9.12. The van der Waals surface area contributed by atoms with Gasteiger partial charge in [0.1, 0.15) is 5.75 Å². The number of hydrogen-bond donors (Lipinski definition) is 1. The zero-order chi connectivity index (χ0) is 28.1. The molecule has 7 nitrogen and oxygen atoms in total. The summed E-state index contributed by atoms with van der Waals surface area (Å²) in [5.74, 6) is 1.97. The van der Waals surface area contributed by atoms with Gasteiger partial charge in [-0.05, 0) is 59.9 Å². The summed E-state index contributed by atoms with van der Waals surface area (Å²) in [5, 5.41) is 3.78. The summed E-state index contributed by atoms with van der Waals surface area (Å²) in [4.78, 5) is 32.3. The lowest BCUT2D eigenvalue weighted by atomic mass is 9.49. The summed E-state index contributed by atoms with van der Waals surface area (Å²) in [6, 6.07) is 17.1. The first-order valence-electron chi connectivity index (χ1n) is 14.4. The van der Waals surface area contributed by atoms with E-state index in [-0.39, 0.29) is 18.5 Å². The normalized spacial score (nSPS) is 21.7. The number of nitrogens with one attached hydrogen (secondary N) is 1. The van der Waals surface area contributed by atoms with Crippen molar-refractivity contribution in [1.29, 1.82) is 0 Å². The number of carbonyl (C=O) groups is 2. The Balaban J connectivity index is 1.12. The van der Waals surface area contributed by atoms with E-state index in [4.69, 9.17) is 16.3 Å². The van der Waals surface area contributed by atoms with Crippen molar-refractivity contribution in [2.24, 2.45) is 17.3 Å². The van der Waals surface area contributed by atoms with Gasteiger partial charge in [-0.15, -0.1) is 0 Å². The molecule has 1 saturated heterocycles. The van der Waals surface area contributed by atoms with Crippen molar-refractivity contribution in [3.05, 3.63) is 76.8 Å². The summed E-state index contributed by atoms with van der Waals surface area (Å²) in [6.07, 6.45) is 4.75. The zero-order valence-electron chi connectivity index (χ0n) is 23.7. The van der Waals surface area contributed by atoms with E-state index in [2.05, 4.69) is 30.1 Å². The molecule has 1 heterocycles. The van der Waals surface area contributed by atoms with Crippen molar-refractivity contribution in [2.75, 3.05) is 52.4 Å². The number of nitrogens with zero attached hydrogens (tertiary/aromatic N) is 3. The number of hydrogen-bond acceptors (Lipinski definition) is 4. The number of benzene rings is 2. The van der Waals surface area contributed by atoms with Gasteiger partial charge in [0.25, 0.3) is 5.91 Å². The SMILES string of the molecule is CC1(C)C2CC=C(CN(CCN3CCN(C(=O)COc4ccc(Cl)cc4)CC3)C(=O)NCc3ccccc3)C1C2. The molecule has 8 heteroatoms. The molecule has 1 N–H and O–H groups in total. The minimum absolute atomic E-state index is 0.0119. The van der Waals surface area contributed by atoms with Gasteiger partial charge < -0.3 is 19.9 Å². The van der Waals surface area contributed by atoms with Gasteiger partial charge in [-0.2, -0.15) is 0 Å². The van der Waals surface area contributed by atoms with E-state index >= 15 is 0 Å².